The normalized spacial score (nSPS) is 11.7. The molecule has 0 amide bonds. The number of hydrogen-bond donors (Lipinski definition) is 0. The Bertz CT molecular complexity index is 3870. The van der Waals surface area contributed by atoms with Gasteiger partial charge in [0.25, 0.3) is 0 Å². The van der Waals surface area contributed by atoms with Crippen molar-refractivity contribution in [3.63, 3.8) is 0 Å². The van der Waals surface area contributed by atoms with Gasteiger partial charge >= 0.3 is 0 Å². The third-order valence-electron chi connectivity index (χ3n) is 14.6. The summed E-state index contributed by atoms with van der Waals surface area (Å²) in [4.78, 5) is 4.92. The fourth-order valence-corrected chi connectivity index (χ4v) is 11.1. The molecule has 1 aromatic heterocycles. The van der Waals surface area contributed by atoms with E-state index in [1.165, 1.54) is 111 Å². The molecule has 0 N–H and O–H groups in total. The molecule has 10 aromatic carbocycles. The van der Waals surface area contributed by atoms with Crippen LogP contribution >= 0.6 is 0 Å². The zero-order chi connectivity index (χ0) is 48.5. The molecule has 1 heterocycles. The molecule has 0 aliphatic rings. The molecule has 11 rings (SSSR count). The van der Waals surface area contributed by atoms with E-state index in [2.05, 4.69) is 255 Å². The van der Waals surface area contributed by atoms with Crippen LogP contribution in [-0.2, 0) is 0 Å². The Morgan fingerprint density at radius 3 is 1.34 bits per heavy atom. The minimum absolute atomic E-state index is 0.226. The molecule has 3 nitrogen and oxygen atoms in total. The van der Waals surface area contributed by atoms with Gasteiger partial charge in [-0.2, -0.15) is 0 Å². The molecule has 70 heavy (non-hydrogen) atoms. The summed E-state index contributed by atoms with van der Waals surface area (Å²) in [5.74, 6) is 0.226. The summed E-state index contributed by atoms with van der Waals surface area (Å²) in [5, 5.41) is 6.99. The molecule has 0 unspecified atom stereocenters. The van der Waals surface area contributed by atoms with Crippen LogP contribution in [0.5, 0.6) is 0 Å². The highest BCUT2D eigenvalue weighted by atomic mass is 16.3. The van der Waals surface area contributed by atoms with Gasteiger partial charge in [-0.25, -0.2) is 0 Å². The van der Waals surface area contributed by atoms with E-state index in [1.54, 1.807) is 0 Å². The zero-order valence-electron chi connectivity index (χ0n) is 42.1. The van der Waals surface area contributed by atoms with Gasteiger partial charge in [0.15, 0.2) is 0 Å². The summed E-state index contributed by atoms with van der Waals surface area (Å²) in [5.41, 5.74) is 25.0. The SMILES string of the molecule is Cc1ccc(N(c2ccc3cc4c(cc3c2)oc2cc3c(C(C)C)c(N(c5ccc(C)cc5C)c5ccc(-c6ccccc6C)cc5C)ccc3cc24)c2ccc(-c3ccccc3C)cc2C)c(C)c1. The van der Waals surface area contributed by atoms with Gasteiger partial charge in [-0.1, -0.05) is 122 Å². The van der Waals surface area contributed by atoms with Gasteiger partial charge in [-0.05, 0) is 223 Å². The quantitative estimate of drug-likeness (QED) is 0.144. The Hall–Kier alpha value is -7.88. The molecular formula is C67H60N2O. The van der Waals surface area contributed by atoms with Crippen LogP contribution in [0.1, 0.15) is 69.8 Å². The van der Waals surface area contributed by atoms with E-state index < -0.39 is 0 Å². The van der Waals surface area contributed by atoms with Crippen LogP contribution in [0, 0.1) is 55.4 Å². The number of rotatable bonds is 9. The van der Waals surface area contributed by atoms with E-state index >= 15 is 0 Å². The van der Waals surface area contributed by atoms with Crippen LogP contribution in [0.25, 0.3) is 65.7 Å². The molecule has 3 heteroatoms. The lowest BCUT2D eigenvalue weighted by atomic mass is 9.91. The van der Waals surface area contributed by atoms with Gasteiger partial charge in [0, 0.05) is 39.2 Å². The smallest absolute Gasteiger partial charge is 0.136 e. The van der Waals surface area contributed by atoms with Crippen molar-refractivity contribution >= 4 is 77.6 Å². The summed E-state index contributed by atoms with van der Waals surface area (Å²) in [6.07, 6.45) is 0. The fourth-order valence-electron chi connectivity index (χ4n) is 11.1. The number of fused-ring (bicyclic) bond motifs is 5. The molecule has 0 aliphatic carbocycles. The lowest BCUT2D eigenvalue weighted by Gasteiger charge is -2.32. The van der Waals surface area contributed by atoms with Crippen molar-refractivity contribution in [3.8, 4) is 22.3 Å². The molecule has 0 radical (unpaired) electrons. The minimum Gasteiger partial charge on any atom is -0.456 e. The van der Waals surface area contributed by atoms with Gasteiger partial charge in [0.05, 0.1) is 5.69 Å². The van der Waals surface area contributed by atoms with E-state index in [0.717, 1.165) is 38.7 Å². The van der Waals surface area contributed by atoms with Gasteiger partial charge in [0.1, 0.15) is 11.2 Å². The third kappa shape index (κ3) is 7.80. The van der Waals surface area contributed by atoms with Crippen molar-refractivity contribution in [1.82, 2.24) is 0 Å². The fraction of sp³-hybridized carbons (Fsp3) is 0.164. The number of hydrogen-bond acceptors (Lipinski definition) is 3. The van der Waals surface area contributed by atoms with E-state index in [-0.39, 0.29) is 5.92 Å². The molecule has 0 bridgehead atoms. The summed E-state index contributed by atoms with van der Waals surface area (Å²) < 4.78 is 6.95. The number of benzene rings is 10. The third-order valence-corrected chi connectivity index (χ3v) is 14.6. The standard InChI is InChI=1S/C67H60N2O/c1-40(2)67-57-39-66-59(37-52(57)24-30-64(67)69(62-27-20-42(4)32-46(62)8)63-29-23-51(34-48(63)10)56-18-14-12-16-44(56)6)58-36-49-21-25-54(35-53(49)38-65(58)70-66)68(60-26-19-41(3)31-45(60)7)61-28-22-50(33-47(61)9)55-17-13-11-15-43(55)5/h11-40H,1-10H3. The largest absolute Gasteiger partial charge is 0.456 e. The maximum atomic E-state index is 6.95. The predicted octanol–water partition coefficient (Wildman–Crippen LogP) is 19.8. The lowest BCUT2D eigenvalue weighted by Crippen LogP contribution is -2.15. The van der Waals surface area contributed by atoms with Crippen LogP contribution in [0.3, 0.4) is 0 Å². The maximum absolute atomic E-state index is 6.95. The Morgan fingerprint density at radius 2 is 0.814 bits per heavy atom. The Morgan fingerprint density at radius 1 is 0.343 bits per heavy atom. The number of anilines is 6. The second kappa shape index (κ2) is 17.6. The summed E-state index contributed by atoms with van der Waals surface area (Å²) in [7, 11) is 0. The zero-order valence-corrected chi connectivity index (χ0v) is 42.1. The van der Waals surface area contributed by atoms with Crippen LogP contribution in [-0.4, -0.2) is 0 Å². The van der Waals surface area contributed by atoms with Crippen molar-refractivity contribution in [2.75, 3.05) is 9.80 Å². The minimum atomic E-state index is 0.226. The average Bonchev–Trinajstić information content (AvgIpc) is 3.68. The van der Waals surface area contributed by atoms with E-state index in [9.17, 15) is 0 Å². The van der Waals surface area contributed by atoms with Crippen molar-refractivity contribution in [2.45, 2.75) is 75.2 Å². The highest BCUT2D eigenvalue weighted by molar-refractivity contribution is 6.15. The molecule has 0 saturated heterocycles. The Labute approximate surface area is 413 Å². The first-order chi connectivity index (χ1) is 33.8. The van der Waals surface area contributed by atoms with Crippen molar-refractivity contribution < 1.29 is 4.42 Å². The summed E-state index contributed by atoms with van der Waals surface area (Å²) in [6.45, 7) is 22.3. The van der Waals surface area contributed by atoms with Crippen LogP contribution < -0.4 is 9.80 Å². The van der Waals surface area contributed by atoms with Crippen LogP contribution in [0.4, 0.5) is 34.1 Å². The molecule has 11 aromatic rings. The Balaban J connectivity index is 1.04. The number of nitrogens with zero attached hydrogens (tertiary/aromatic N) is 2. The van der Waals surface area contributed by atoms with Gasteiger partial charge < -0.3 is 14.2 Å². The molecular weight excluding hydrogens is 849 g/mol. The highest BCUT2D eigenvalue weighted by Gasteiger charge is 2.25. The van der Waals surface area contributed by atoms with E-state index in [0.29, 0.717) is 0 Å². The van der Waals surface area contributed by atoms with Crippen LogP contribution in [0.2, 0.25) is 0 Å². The monoisotopic (exact) mass is 908 g/mol. The van der Waals surface area contributed by atoms with Crippen molar-refractivity contribution in [1.29, 1.82) is 0 Å². The topological polar surface area (TPSA) is 19.6 Å². The van der Waals surface area contributed by atoms with Crippen molar-refractivity contribution in [3.05, 3.63) is 226 Å². The maximum Gasteiger partial charge on any atom is 0.136 e. The van der Waals surface area contributed by atoms with Gasteiger partial charge in [-0.3, -0.25) is 0 Å². The number of aryl methyl sites for hydroxylation is 8. The molecule has 0 aliphatic heterocycles. The lowest BCUT2D eigenvalue weighted by molar-refractivity contribution is 0.670. The average molecular weight is 909 g/mol. The number of furan rings is 1. The summed E-state index contributed by atoms with van der Waals surface area (Å²) in [6, 6.07) is 65.5. The van der Waals surface area contributed by atoms with Gasteiger partial charge in [0.2, 0.25) is 0 Å². The molecule has 0 saturated carbocycles. The molecule has 0 spiro atoms. The van der Waals surface area contributed by atoms with Crippen LogP contribution in [0.15, 0.2) is 180 Å². The molecule has 344 valence electrons. The molecule has 0 atom stereocenters. The second-order valence-electron chi connectivity index (χ2n) is 20.1. The second-order valence-corrected chi connectivity index (χ2v) is 20.1. The molecule has 0 fully saturated rings. The van der Waals surface area contributed by atoms with Crippen molar-refractivity contribution in [2.24, 2.45) is 0 Å². The first-order valence-corrected chi connectivity index (χ1v) is 24.8. The Kier molecular flexibility index (Phi) is 11.2. The first-order valence-electron chi connectivity index (χ1n) is 24.8. The van der Waals surface area contributed by atoms with E-state index in [4.69, 9.17) is 4.42 Å². The summed E-state index contributed by atoms with van der Waals surface area (Å²) >= 11 is 0. The highest BCUT2D eigenvalue weighted by Crippen LogP contribution is 2.48. The first kappa shape index (κ1) is 44.6. The van der Waals surface area contributed by atoms with Gasteiger partial charge in [-0.15, -0.1) is 0 Å². The predicted molar refractivity (Wildman–Crippen MR) is 301 cm³/mol. The van der Waals surface area contributed by atoms with E-state index in [1.807, 2.05) is 0 Å².